The summed E-state index contributed by atoms with van der Waals surface area (Å²) in [5.74, 6) is 0.725. The first-order chi connectivity index (χ1) is 6.61. The summed E-state index contributed by atoms with van der Waals surface area (Å²) in [6.45, 7) is 1.53. The molecule has 1 aliphatic heterocycles. The fourth-order valence-electron chi connectivity index (χ4n) is 1.37. The second-order valence-electron chi connectivity index (χ2n) is 3.15. The van der Waals surface area contributed by atoms with Crippen molar-refractivity contribution in [2.75, 3.05) is 12.4 Å². The lowest BCUT2D eigenvalue weighted by molar-refractivity contribution is -0.205. The van der Waals surface area contributed by atoms with Crippen molar-refractivity contribution in [3.63, 3.8) is 0 Å². The summed E-state index contributed by atoms with van der Waals surface area (Å²) in [6, 6.07) is 0. The van der Waals surface area contributed by atoms with Crippen LogP contribution in [0, 0.1) is 0 Å². The number of thioether (sulfide) groups is 1. The SMILES string of the molecule is CCS[C@@H]1OC(CO)[C@H](O)C(O)C1O. The lowest BCUT2D eigenvalue weighted by Gasteiger charge is -2.39. The van der Waals surface area contributed by atoms with Crippen molar-refractivity contribution in [2.24, 2.45) is 0 Å². The van der Waals surface area contributed by atoms with E-state index in [4.69, 9.17) is 9.84 Å². The summed E-state index contributed by atoms with van der Waals surface area (Å²) in [6.07, 6.45) is -4.43. The third-order valence-corrected chi connectivity index (χ3v) is 3.23. The molecule has 6 heteroatoms. The van der Waals surface area contributed by atoms with Gasteiger partial charge in [-0.2, -0.15) is 0 Å². The third kappa shape index (κ3) is 2.39. The molecule has 1 saturated heterocycles. The molecule has 14 heavy (non-hydrogen) atoms. The van der Waals surface area contributed by atoms with Crippen LogP contribution in [0.25, 0.3) is 0 Å². The van der Waals surface area contributed by atoms with E-state index in [-0.39, 0.29) is 6.61 Å². The van der Waals surface area contributed by atoms with Crippen LogP contribution in [-0.4, -0.2) is 62.6 Å². The molecule has 1 rings (SSSR count). The zero-order valence-corrected chi connectivity index (χ0v) is 8.72. The van der Waals surface area contributed by atoms with Crippen molar-refractivity contribution in [1.82, 2.24) is 0 Å². The van der Waals surface area contributed by atoms with E-state index >= 15 is 0 Å². The Labute approximate surface area is 86.7 Å². The Morgan fingerprint density at radius 2 is 1.79 bits per heavy atom. The van der Waals surface area contributed by atoms with Gasteiger partial charge in [-0.3, -0.25) is 0 Å². The van der Waals surface area contributed by atoms with Gasteiger partial charge in [0.1, 0.15) is 29.9 Å². The monoisotopic (exact) mass is 224 g/mol. The van der Waals surface area contributed by atoms with Crippen LogP contribution in [-0.2, 0) is 4.74 Å². The van der Waals surface area contributed by atoms with Gasteiger partial charge in [0.15, 0.2) is 0 Å². The minimum Gasteiger partial charge on any atom is -0.394 e. The zero-order valence-electron chi connectivity index (χ0n) is 7.91. The van der Waals surface area contributed by atoms with E-state index in [9.17, 15) is 15.3 Å². The summed E-state index contributed by atoms with van der Waals surface area (Å²) in [5.41, 5.74) is -0.587. The normalized spacial score (nSPS) is 43.9. The van der Waals surface area contributed by atoms with Gasteiger partial charge in [-0.05, 0) is 5.75 Å². The molecule has 3 unspecified atom stereocenters. The van der Waals surface area contributed by atoms with Gasteiger partial charge in [-0.1, -0.05) is 6.92 Å². The van der Waals surface area contributed by atoms with Gasteiger partial charge in [-0.15, -0.1) is 11.8 Å². The molecule has 0 spiro atoms. The van der Waals surface area contributed by atoms with Gasteiger partial charge in [0.05, 0.1) is 6.61 Å². The fraction of sp³-hybridized carbons (Fsp3) is 1.00. The molecule has 0 aromatic rings. The van der Waals surface area contributed by atoms with Crippen molar-refractivity contribution < 1.29 is 25.2 Å². The standard InChI is InChI=1S/C8H16O5S/c1-2-14-8-7(12)6(11)5(10)4(3-9)13-8/h4-12H,2-3H2,1H3/t4?,5-,6?,7?,8-/m0/s1. The number of ether oxygens (including phenoxy) is 1. The molecule has 0 bridgehead atoms. The first kappa shape index (κ1) is 12.2. The van der Waals surface area contributed by atoms with E-state index < -0.39 is 29.9 Å². The topological polar surface area (TPSA) is 90.2 Å². The van der Waals surface area contributed by atoms with Crippen LogP contribution in [0.2, 0.25) is 0 Å². The Bertz CT molecular complexity index is 175. The van der Waals surface area contributed by atoms with Crippen LogP contribution in [0.3, 0.4) is 0 Å². The van der Waals surface area contributed by atoms with E-state index in [1.807, 2.05) is 6.92 Å². The quantitative estimate of drug-likeness (QED) is 0.468. The highest BCUT2D eigenvalue weighted by Crippen LogP contribution is 2.27. The Kier molecular flexibility index (Phi) is 4.62. The highest BCUT2D eigenvalue weighted by Gasteiger charge is 2.43. The highest BCUT2D eigenvalue weighted by atomic mass is 32.2. The van der Waals surface area contributed by atoms with E-state index in [0.717, 1.165) is 5.75 Å². The molecule has 4 N–H and O–H groups in total. The lowest BCUT2D eigenvalue weighted by Crippen LogP contribution is -2.57. The molecule has 0 saturated carbocycles. The van der Waals surface area contributed by atoms with E-state index in [1.54, 1.807) is 0 Å². The summed E-state index contributed by atoms with van der Waals surface area (Å²) in [7, 11) is 0. The van der Waals surface area contributed by atoms with Gasteiger partial charge >= 0.3 is 0 Å². The van der Waals surface area contributed by atoms with Crippen LogP contribution in [0.4, 0.5) is 0 Å². The molecule has 5 atom stereocenters. The van der Waals surface area contributed by atoms with Crippen molar-refractivity contribution in [1.29, 1.82) is 0 Å². The van der Waals surface area contributed by atoms with Gasteiger partial charge in [-0.25, -0.2) is 0 Å². The van der Waals surface area contributed by atoms with Gasteiger partial charge in [0, 0.05) is 0 Å². The average molecular weight is 224 g/mol. The first-order valence-corrected chi connectivity index (χ1v) is 5.58. The summed E-state index contributed by atoms with van der Waals surface area (Å²) < 4.78 is 5.22. The molecule has 0 amide bonds. The molecular formula is C8H16O5S. The number of aliphatic hydroxyl groups excluding tert-OH is 4. The second-order valence-corrected chi connectivity index (χ2v) is 4.53. The van der Waals surface area contributed by atoms with Gasteiger partial charge in [0.25, 0.3) is 0 Å². The molecule has 1 fully saturated rings. The number of aliphatic hydroxyl groups is 4. The molecule has 84 valence electrons. The van der Waals surface area contributed by atoms with Gasteiger partial charge < -0.3 is 25.2 Å². The van der Waals surface area contributed by atoms with E-state index in [1.165, 1.54) is 11.8 Å². The third-order valence-electron chi connectivity index (χ3n) is 2.18. The minimum absolute atomic E-state index is 0.369. The maximum absolute atomic E-state index is 9.51. The van der Waals surface area contributed by atoms with Crippen LogP contribution < -0.4 is 0 Å². The maximum Gasteiger partial charge on any atom is 0.132 e. The molecule has 1 aliphatic rings. The highest BCUT2D eigenvalue weighted by molar-refractivity contribution is 7.99. The Morgan fingerprint density at radius 3 is 2.29 bits per heavy atom. The Morgan fingerprint density at radius 1 is 1.14 bits per heavy atom. The Balaban J connectivity index is 2.63. The average Bonchev–Trinajstić information content (AvgIpc) is 2.19. The van der Waals surface area contributed by atoms with Crippen molar-refractivity contribution in [2.45, 2.75) is 36.8 Å². The summed E-state index contributed by atoms with van der Waals surface area (Å²) in [5, 5.41) is 37.2. The van der Waals surface area contributed by atoms with Crippen LogP contribution in [0.5, 0.6) is 0 Å². The summed E-state index contributed by atoms with van der Waals surface area (Å²) >= 11 is 1.33. The molecule has 5 nitrogen and oxygen atoms in total. The first-order valence-electron chi connectivity index (χ1n) is 4.54. The maximum atomic E-state index is 9.51. The number of hydrogen-bond acceptors (Lipinski definition) is 6. The number of hydrogen-bond donors (Lipinski definition) is 4. The fourth-order valence-corrected chi connectivity index (χ4v) is 2.28. The minimum atomic E-state index is -1.26. The second kappa shape index (κ2) is 5.29. The van der Waals surface area contributed by atoms with Crippen LogP contribution in [0.1, 0.15) is 6.92 Å². The number of rotatable bonds is 3. The molecule has 0 aromatic carbocycles. The Hall–Kier alpha value is 0.150. The lowest BCUT2D eigenvalue weighted by atomic mass is 10.0. The molecule has 0 radical (unpaired) electrons. The van der Waals surface area contributed by atoms with Gasteiger partial charge in [0.2, 0.25) is 0 Å². The van der Waals surface area contributed by atoms with E-state index in [2.05, 4.69) is 0 Å². The van der Waals surface area contributed by atoms with Crippen LogP contribution >= 0.6 is 11.8 Å². The zero-order chi connectivity index (χ0) is 10.7. The van der Waals surface area contributed by atoms with Crippen molar-refractivity contribution in [3.05, 3.63) is 0 Å². The molecule has 0 aliphatic carbocycles. The molecule has 0 aromatic heterocycles. The van der Waals surface area contributed by atoms with Crippen molar-refractivity contribution in [3.8, 4) is 0 Å². The van der Waals surface area contributed by atoms with Crippen molar-refractivity contribution >= 4 is 11.8 Å². The van der Waals surface area contributed by atoms with Crippen LogP contribution in [0.15, 0.2) is 0 Å². The molecular weight excluding hydrogens is 208 g/mol. The predicted octanol–water partition coefficient (Wildman–Crippen LogP) is -1.46. The summed E-state index contributed by atoms with van der Waals surface area (Å²) in [4.78, 5) is 0. The smallest absolute Gasteiger partial charge is 0.132 e. The molecule has 1 heterocycles. The predicted molar refractivity (Wildman–Crippen MR) is 51.9 cm³/mol. The largest absolute Gasteiger partial charge is 0.394 e. The van der Waals surface area contributed by atoms with E-state index in [0.29, 0.717) is 0 Å².